The van der Waals surface area contributed by atoms with E-state index in [0.717, 1.165) is 56.1 Å². The van der Waals surface area contributed by atoms with E-state index in [1.807, 2.05) is 12.1 Å². The molecule has 1 aliphatic rings. The van der Waals surface area contributed by atoms with Crippen LogP contribution in [-0.4, -0.2) is 40.1 Å². The van der Waals surface area contributed by atoms with Crippen LogP contribution in [0, 0.1) is 12.8 Å². The number of carbonyl (C=O) groups is 1. The number of unbranched alkanes of at least 4 members (excludes halogenated alkanes) is 1. The summed E-state index contributed by atoms with van der Waals surface area (Å²) in [4.78, 5) is 14.5. The molecule has 0 bridgehead atoms. The largest absolute Gasteiger partial charge is 0.356 e. The molecule has 6 nitrogen and oxygen atoms in total. The van der Waals surface area contributed by atoms with E-state index in [4.69, 9.17) is 0 Å². The summed E-state index contributed by atoms with van der Waals surface area (Å²) >= 11 is 0. The highest BCUT2D eigenvalue weighted by atomic mass is 16.1. The van der Waals surface area contributed by atoms with Crippen molar-refractivity contribution in [1.29, 1.82) is 0 Å². The van der Waals surface area contributed by atoms with E-state index < -0.39 is 0 Å². The summed E-state index contributed by atoms with van der Waals surface area (Å²) in [6.07, 6.45) is 4.09. The van der Waals surface area contributed by atoms with Crippen LogP contribution in [-0.2, 0) is 4.79 Å². The van der Waals surface area contributed by atoms with Crippen LogP contribution in [0.3, 0.4) is 0 Å². The maximum atomic E-state index is 12.3. The predicted molar refractivity (Wildman–Crippen MR) is 90.6 cm³/mol. The number of carbonyl (C=O) groups excluding carboxylic acids is 1. The molecule has 2 aromatic rings. The number of anilines is 1. The highest BCUT2D eigenvalue weighted by Crippen LogP contribution is 2.23. The lowest BCUT2D eigenvalue weighted by molar-refractivity contribution is -0.125. The lowest BCUT2D eigenvalue weighted by Crippen LogP contribution is -2.44. The first-order valence-electron chi connectivity index (χ1n) is 8.54. The molecule has 1 N–H and O–H groups in total. The van der Waals surface area contributed by atoms with Gasteiger partial charge in [-0.2, -0.15) is 0 Å². The Kier molecular flexibility index (Phi) is 4.79. The number of piperidine rings is 1. The summed E-state index contributed by atoms with van der Waals surface area (Å²) in [7, 11) is 0. The zero-order valence-electron chi connectivity index (χ0n) is 14.0. The van der Waals surface area contributed by atoms with Crippen molar-refractivity contribution >= 4 is 17.5 Å². The highest BCUT2D eigenvalue weighted by Gasteiger charge is 2.28. The second-order valence-corrected chi connectivity index (χ2v) is 6.29. The Morgan fingerprint density at radius 3 is 3.09 bits per heavy atom. The fraction of sp³-hybridized carbons (Fsp3) is 0.588. The summed E-state index contributed by atoms with van der Waals surface area (Å²) < 4.78 is 2.07. The van der Waals surface area contributed by atoms with Crippen molar-refractivity contribution in [2.75, 3.05) is 24.5 Å². The monoisotopic (exact) mass is 315 g/mol. The molecule has 3 heterocycles. The molecule has 2 aromatic heterocycles. The predicted octanol–water partition coefficient (Wildman–Crippen LogP) is 2.17. The van der Waals surface area contributed by atoms with E-state index in [9.17, 15) is 4.79 Å². The number of hydrogen-bond acceptors (Lipinski definition) is 4. The van der Waals surface area contributed by atoms with Crippen LogP contribution in [0.2, 0.25) is 0 Å². The zero-order chi connectivity index (χ0) is 16.2. The molecule has 1 atom stereocenters. The van der Waals surface area contributed by atoms with Crippen LogP contribution in [0.1, 0.15) is 38.3 Å². The van der Waals surface area contributed by atoms with Crippen LogP contribution in [0.5, 0.6) is 0 Å². The zero-order valence-corrected chi connectivity index (χ0v) is 14.0. The van der Waals surface area contributed by atoms with Gasteiger partial charge in [-0.15, -0.1) is 10.2 Å². The fourth-order valence-corrected chi connectivity index (χ4v) is 3.19. The van der Waals surface area contributed by atoms with Crippen molar-refractivity contribution in [2.45, 2.75) is 39.5 Å². The average Bonchev–Trinajstić information content (AvgIpc) is 3.01. The number of aryl methyl sites for hydroxylation is 1. The molecular formula is C17H25N5O. The van der Waals surface area contributed by atoms with Gasteiger partial charge >= 0.3 is 0 Å². The van der Waals surface area contributed by atoms with Crippen LogP contribution in [0.15, 0.2) is 18.2 Å². The number of aromatic nitrogens is 3. The molecule has 1 fully saturated rings. The first-order valence-corrected chi connectivity index (χ1v) is 8.54. The molecule has 0 radical (unpaired) electrons. The first-order chi connectivity index (χ1) is 11.2. The quantitative estimate of drug-likeness (QED) is 0.859. The molecule has 6 heteroatoms. The Morgan fingerprint density at radius 1 is 1.39 bits per heavy atom. The van der Waals surface area contributed by atoms with Gasteiger partial charge < -0.3 is 10.2 Å². The van der Waals surface area contributed by atoms with Crippen LogP contribution in [0.4, 0.5) is 5.95 Å². The summed E-state index contributed by atoms with van der Waals surface area (Å²) in [6, 6.07) is 6.00. The minimum Gasteiger partial charge on any atom is -0.356 e. The van der Waals surface area contributed by atoms with Gasteiger partial charge in [0.25, 0.3) is 0 Å². The molecule has 1 aliphatic heterocycles. The molecule has 0 spiro atoms. The number of nitrogens with one attached hydrogen (secondary N) is 1. The molecule has 1 amide bonds. The lowest BCUT2D eigenvalue weighted by Gasteiger charge is -2.32. The van der Waals surface area contributed by atoms with Crippen molar-refractivity contribution in [1.82, 2.24) is 19.9 Å². The van der Waals surface area contributed by atoms with Crippen LogP contribution in [0.25, 0.3) is 5.65 Å². The van der Waals surface area contributed by atoms with Crippen molar-refractivity contribution in [2.24, 2.45) is 5.92 Å². The third kappa shape index (κ3) is 3.30. The summed E-state index contributed by atoms with van der Waals surface area (Å²) in [5, 5.41) is 11.7. The second-order valence-electron chi connectivity index (χ2n) is 6.29. The van der Waals surface area contributed by atoms with E-state index >= 15 is 0 Å². The van der Waals surface area contributed by atoms with Crippen molar-refractivity contribution < 1.29 is 4.79 Å². The van der Waals surface area contributed by atoms with Gasteiger partial charge in [0, 0.05) is 25.3 Å². The number of nitrogens with zero attached hydrogens (tertiary/aromatic N) is 4. The third-order valence-electron chi connectivity index (χ3n) is 4.51. The van der Waals surface area contributed by atoms with E-state index in [1.165, 1.54) is 0 Å². The van der Waals surface area contributed by atoms with Gasteiger partial charge in [0.05, 0.1) is 5.92 Å². The van der Waals surface area contributed by atoms with Gasteiger partial charge in [-0.3, -0.25) is 9.20 Å². The van der Waals surface area contributed by atoms with E-state index in [2.05, 4.69) is 44.7 Å². The smallest absolute Gasteiger partial charge is 0.231 e. The summed E-state index contributed by atoms with van der Waals surface area (Å²) in [6.45, 7) is 6.60. The highest BCUT2D eigenvalue weighted by molar-refractivity contribution is 5.79. The maximum Gasteiger partial charge on any atom is 0.231 e. The molecule has 0 saturated carbocycles. The summed E-state index contributed by atoms with van der Waals surface area (Å²) in [5.74, 6) is 1.06. The van der Waals surface area contributed by atoms with E-state index in [0.29, 0.717) is 6.54 Å². The molecule has 1 unspecified atom stereocenters. The normalized spacial score (nSPS) is 18.3. The maximum absolute atomic E-state index is 12.3. The number of hydrogen-bond donors (Lipinski definition) is 1. The average molecular weight is 315 g/mol. The van der Waals surface area contributed by atoms with Gasteiger partial charge in [-0.05, 0) is 38.3 Å². The van der Waals surface area contributed by atoms with Gasteiger partial charge in [0.15, 0.2) is 5.65 Å². The molecule has 0 aromatic carbocycles. The molecule has 0 aliphatic carbocycles. The lowest BCUT2D eigenvalue weighted by atomic mass is 9.97. The minimum atomic E-state index is 0.0389. The number of fused-ring (bicyclic) bond motifs is 1. The molecule has 23 heavy (non-hydrogen) atoms. The van der Waals surface area contributed by atoms with Crippen LogP contribution < -0.4 is 10.2 Å². The fourth-order valence-electron chi connectivity index (χ4n) is 3.19. The minimum absolute atomic E-state index is 0.0389. The van der Waals surface area contributed by atoms with Crippen molar-refractivity contribution in [3.8, 4) is 0 Å². The Balaban J connectivity index is 1.74. The SMILES string of the molecule is CCCCNC(=O)C1CCCN(c2nnc3cccc(C)n23)C1. The Bertz CT molecular complexity index is 681. The van der Waals surface area contributed by atoms with E-state index in [1.54, 1.807) is 0 Å². The molecular weight excluding hydrogens is 290 g/mol. The number of pyridine rings is 1. The van der Waals surface area contributed by atoms with Gasteiger partial charge in [0.2, 0.25) is 11.9 Å². The first kappa shape index (κ1) is 15.8. The number of rotatable bonds is 5. The Labute approximate surface area is 136 Å². The van der Waals surface area contributed by atoms with Crippen molar-refractivity contribution in [3.63, 3.8) is 0 Å². The van der Waals surface area contributed by atoms with Crippen molar-refractivity contribution in [3.05, 3.63) is 23.9 Å². The number of amides is 1. The van der Waals surface area contributed by atoms with E-state index in [-0.39, 0.29) is 11.8 Å². The Hall–Kier alpha value is -2.11. The second kappa shape index (κ2) is 6.98. The van der Waals surface area contributed by atoms with Gasteiger partial charge in [0.1, 0.15) is 0 Å². The van der Waals surface area contributed by atoms with Gasteiger partial charge in [-0.25, -0.2) is 0 Å². The molecule has 124 valence electrons. The molecule has 3 rings (SSSR count). The standard InChI is InChI=1S/C17H25N5O/c1-3-4-10-18-16(23)14-8-6-11-21(12-14)17-20-19-15-9-5-7-13(2)22(15)17/h5,7,9,14H,3-4,6,8,10-12H2,1-2H3,(H,18,23). The molecule has 1 saturated heterocycles. The summed E-state index contributed by atoms with van der Waals surface area (Å²) in [5.41, 5.74) is 1.96. The van der Waals surface area contributed by atoms with Crippen LogP contribution >= 0.6 is 0 Å². The Morgan fingerprint density at radius 2 is 2.26 bits per heavy atom. The third-order valence-corrected chi connectivity index (χ3v) is 4.51. The van der Waals surface area contributed by atoms with Gasteiger partial charge in [-0.1, -0.05) is 19.4 Å². The topological polar surface area (TPSA) is 62.5 Å².